The Morgan fingerprint density at radius 1 is 1.08 bits per heavy atom. The molecule has 1 aromatic carbocycles. The van der Waals surface area contributed by atoms with Gasteiger partial charge < -0.3 is 9.80 Å². The summed E-state index contributed by atoms with van der Waals surface area (Å²) in [5, 5.41) is 2.20. The second-order valence-corrected chi connectivity index (χ2v) is 8.15. The molecule has 1 aromatic heterocycles. The number of carbonyl (C=O) groups is 1. The lowest BCUT2D eigenvalue weighted by molar-refractivity contribution is -0.133. The maximum absolute atomic E-state index is 12.9. The molecule has 138 valence electrons. The fraction of sp³-hybridized carbons (Fsp3) is 0.476. The van der Waals surface area contributed by atoms with E-state index in [1.165, 1.54) is 16.1 Å². The van der Waals surface area contributed by atoms with E-state index in [0.29, 0.717) is 12.6 Å². The summed E-state index contributed by atoms with van der Waals surface area (Å²) in [7, 11) is 0. The van der Waals surface area contributed by atoms with Crippen molar-refractivity contribution >= 4 is 22.9 Å². The number of piperazine rings is 1. The van der Waals surface area contributed by atoms with Crippen molar-refractivity contribution < 1.29 is 4.79 Å². The fourth-order valence-corrected chi connectivity index (χ4v) is 5.17. The van der Waals surface area contributed by atoms with Crippen LogP contribution in [-0.2, 0) is 11.2 Å². The van der Waals surface area contributed by atoms with Crippen LogP contribution >= 0.6 is 11.3 Å². The van der Waals surface area contributed by atoms with Crippen molar-refractivity contribution in [1.29, 1.82) is 0 Å². The predicted molar refractivity (Wildman–Crippen MR) is 108 cm³/mol. The van der Waals surface area contributed by atoms with Crippen LogP contribution in [0.4, 0.5) is 5.69 Å². The van der Waals surface area contributed by atoms with E-state index in [1.54, 1.807) is 0 Å². The molecule has 26 heavy (non-hydrogen) atoms. The molecule has 0 saturated carbocycles. The van der Waals surface area contributed by atoms with Crippen molar-refractivity contribution in [3.8, 4) is 0 Å². The van der Waals surface area contributed by atoms with Crippen LogP contribution < -0.4 is 4.90 Å². The standard InChI is InChI=1S/C21H27N3OS/c1-2-19-18-9-15-26-20(18)8-10-24(19)16-21(25)23-13-11-22(12-14-23)17-6-4-3-5-7-17/h3-7,9,15,19H,2,8,10-14,16H2,1H3/t19-/m0/s1. The second kappa shape index (κ2) is 7.80. The molecular formula is C21H27N3OS. The minimum absolute atomic E-state index is 0.287. The molecule has 0 N–H and O–H groups in total. The van der Waals surface area contributed by atoms with Crippen molar-refractivity contribution in [2.75, 3.05) is 44.2 Å². The molecular weight excluding hydrogens is 342 g/mol. The van der Waals surface area contributed by atoms with Gasteiger partial charge >= 0.3 is 0 Å². The molecule has 0 radical (unpaired) electrons. The summed E-state index contributed by atoms with van der Waals surface area (Å²) in [6.07, 6.45) is 2.15. The molecule has 1 saturated heterocycles. The molecule has 1 fully saturated rings. The summed E-state index contributed by atoms with van der Waals surface area (Å²) < 4.78 is 0. The van der Waals surface area contributed by atoms with Gasteiger partial charge in [0, 0.05) is 49.3 Å². The third-order valence-corrected chi connectivity index (χ3v) is 6.68. The van der Waals surface area contributed by atoms with E-state index in [9.17, 15) is 4.79 Å². The maximum atomic E-state index is 12.9. The van der Waals surface area contributed by atoms with Gasteiger partial charge in [-0.3, -0.25) is 9.69 Å². The normalized spacial score (nSPS) is 20.9. The van der Waals surface area contributed by atoms with E-state index in [0.717, 1.165) is 45.6 Å². The first-order valence-corrected chi connectivity index (χ1v) is 10.5. The van der Waals surface area contributed by atoms with Crippen LogP contribution in [0.5, 0.6) is 0 Å². The van der Waals surface area contributed by atoms with Gasteiger partial charge in [0.15, 0.2) is 0 Å². The highest BCUT2D eigenvalue weighted by molar-refractivity contribution is 7.10. The Labute approximate surface area is 160 Å². The molecule has 4 rings (SSSR count). The largest absolute Gasteiger partial charge is 0.368 e. The first kappa shape index (κ1) is 17.6. The number of hydrogen-bond acceptors (Lipinski definition) is 4. The Morgan fingerprint density at radius 2 is 1.85 bits per heavy atom. The van der Waals surface area contributed by atoms with Crippen molar-refractivity contribution in [2.24, 2.45) is 0 Å². The number of benzene rings is 1. The minimum Gasteiger partial charge on any atom is -0.368 e. The van der Waals surface area contributed by atoms with Crippen LogP contribution in [0.25, 0.3) is 0 Å². The lowest BCUT2D eigenvalue weighted by Crippen LogP contribution is -2.52. The molecule has 4 nitrogen and oxygen atoms in total. The van der Waals surface area contributed by atoms with Gasteiger partial charge in [-0.15, -0.1) is 11.3 Å². The zero-order chi connectivity index (χ0) is 17.9. The SMILES string of the molecule is CC[C@H]1c2ccsc2CCN1CC(=O)N1CCN(c2ccccc2)CC1. The van der Waals surface area contributed by atoms with Crippen LogP contribution in [0.3, 0.4) is 0 Å². The van der Waals surface area contributed by atoms with E-state index < -0.39 is 0 Å². The summed E-state index contributed by atoms with van der Waals surface area (Å²) in [6, 6.07) is 13.2. The van der Waals surface area contributed by atoms with Gasteiger partial charge in [0.1, 0.15) is 0 Å². The van der Waals surface area contributed by atoms with Crippen molar-refractivity contribution in [3.63, 3.8) is 0 Å². The number of anilines is 1. The van der Waals surface area contributed by atoms with Gasteiger partial charge in [0.05, 0.1) is 6.54 Å². The average Bonchev–Trinajstić information content (AvgIpc) is 3.17. The van der Waals surface area contributed by atoms with Gasteiger partial charge in [-0.05, 0) is 42.0 Å². The molecule has 2 aliphatic heterocycles. The van der Waals surface area contributed by atoms with Crippen LogP contribution in [0.1, 0.15) is 29.8 Å². The van der Waals surface area contributed by atoms with Gasteiger partial charge in [-0.2, -0.15) is 0 Å². The lowest BCUT2D eigenvalue weighted by Gasteiger charge is -2.39. The van der Waals surface area contributed by atoms with Gasteiger partial charge in [-0.1, -0.05) is 25.1 Å². The highest BCUT2D eigenvalue weighted by Crippen LogP contribution is 2.35. The summed E-state index contributed by atoms with van der Waals surface area (Å²) in [5.74, 6) is 0.287. The monoisotopic (exact) mass is 369 g/mol. The summed E-state index contributed by atoms with van der Waals surface area (Å²) in [5.41, 5.74) is 2.71. The first-order chi connectivity index (χ1) is 12.8. The summed E-state index contributed by atoms with van der Waals surface area (Å²) in [6.45, 7) is 7.27. The summed E-state index contributed by atoms with van der Waals surface area (Å²) >= 11 is 1.86. The summed E-state index contributed by atoms with van der Waals surface area (Å²) in [4.78, 5) is 21.2. The lowest BCUT2D eigenvalue weighted by atomic mass is 9.98. The van der Waals surface area contributed by atoms with Crippen LogP contribution in [0.2, 0.25) is 0 Å². The minimum atomic E-state index is 0.287. The van der Waals surface area contributed by atoms with Crippen LogP contribution in [0.15, 0.2) is 41.8 Å². The Bertz CT molecular complexity index is 737. The topological polar surface area (TPSA) is 26.8 Å². The number of fused-ring (bicyclic) bond motifs is 1. The van der Waals surface area contributed by atoms with Gasteiger partial charge in [0.25, 0.3) is 0 Å². The molecule has 5 heteroatoms. The van der Waals surface area contributed by atoms with Crippen molar-refractivity contribution in [2.45, 2.75) is 25.8 Å². The number of rotatable bonds is 4. The first-order valence-electron chi connectivity index (χ1n) is 9.64. The Hall–Kier alpha value is -1.85. The van der Waals surface area contributed by atoms with E-state index in [1.807, 2.05) is 17.4 Å². The number of para-hydroxylation sites is 1. The Balaban J connectivity index is 1.34. The van der Waals surface area contributed by atoms with E-state index in [-0.39, 0.29) is 5.91 Å². The Morgan fingerprint density at radius 3 is 2.58 bits per heavy atom. The van der Waals surface area contributed by atoms with Crippen LogP contribution in [0, 0.1) is 0 Å². The highest BCUT2D eigenvalue weighted by Gasteiger charge is 2.30. The molecule has 0 aliphatic carbocycles. The molecule has 2 aliphatic rings. The van der Waals surface area contributed by atoms with E-state index >= 15 is 0 Å². The predicted octanol–water partition coefficient (Wildman–Crippen LogP) is 3.41. The maximum Gasteiger partial charge on any atom is 0.236 e. The number of amides is 1. The zero-order valence-corrected chi connectivity index (χ0v) is 16.3. The number of nitrogens with zero attached hydrogens (tertiary/aromatic N) is 3. The van der Waals surface area contributed by atoms with Gasteiger partial charge in [0.2, 0.25) is 5.91 Å². The molecule has 3 heterocycles. The third kappa shape index (κ3) is 3.51. The molecule has 0 unspecified atom stereocenters. The van der Waals surface area contributed by atoms with Crippen molar-refractivity contribution in [3.05, 3.63) is 52.2 Å². The number of thiophene rings is 1. The Kier molecular flexibility index (Phi) is 5.27. The van der Waals surface area contributed by atoms with Gasteiger partial charge in [-0.25, -0.2) is 0 Å². The highest BCUT2D eigenvalue weighted by atomic mass is 32.1. The third-order valence-electron chi connectivity index (χ3n) is 5.68. The van der Waals surface area contributed by atoms with E-state index in [4.69, 9.17) is 0 Å². The van der Waals surface area contributed by atoms with Crippen molar-refractivity contribution in [1.82, 2.24) is 9.80 Å². The molecule has 0 bridgehead atoms. The molecule has 1 atom stereocenters. The zero-order valence-electron chi connectivity index (χ0n) is 15.4. The molecule has 2 aromatic rings. The smallest absolute Gasteiger partial charge is 0.236 e. The quantitative estimate of drug-likeness (QED) is 0.826. The molecule has 0 spiro atoms. The number of hydrogen-bond donors (Lipinski definition) is 0. The fourth-order valence-electron chi connectivity index (χ4n) is 4.24. The second-order valence-electron chi connectivity index (χ2n) is 7.15. The van der Waals surface area contributed by atoms with E-state index in [2.05, 4.69) is 57.3 Å². The number of carbonyl (C=O) groups excluding carboxylic acids is 1. The molecule has 1 amide bonds. The van der Waals surface area contributed by atoms with Crippen LogP contribution in [-0.4, -0.2) is 55.0 Å². The average molecular weight is 370 g/mol.